The van der Waals surface area contributed by atoms with Gasteiger partial charge in [0.25, 0.3) is 0 Å². The first-order chi connectivity index (χ1) is 14.2. The Bertz CT molecular complexity index is 971. The van der Waals surface area contributed by atoms with E-state index in [1.807, 2.05) is 24.3 Å². The summed E-state index contributed by atoms with van der Waals surface area (Å²) in [4.78, 5) is 15.7. The van der Waals surface area contributed by atoms with Gasteiger partial charge in [0.1, 0.15) is 23.2 Å². The van der Waals surface area contributed by atoms with Crippen molar-refractivity contribution in [3.05, 3.63) is 48.3 Å². The van der Waals surface area contributed by atoms with E-state index in [1.165, 1.54) is 0 Å². The van der Waals surface area contributed by atoms with Gasteiger partial charge in [0, 0.05) is 36.5 Å². The zero-order chi connectivity index (χ0) is 20.4. The maximum absolute atomic E-state index is 5.51. The molecule has 1 saturated heterocycles. The maximum Gasteiger partial charge on any atom is 0.124 e. The minimum Gasteiger partial charge on any atom is -0.497 e. The summed E-state index contributed by atoms with van der Waals surface area (Å²) in [6.45, 7) is 5.02. The van der Waals surface area contributed by atoms with E-state index < -0.39 is 0 Å². The molecule has 6 heteroatoms. The minimum atomic E-state index is 0.129. The lowest BCUT2D eigenvalue weighted by atomic mass is 10.0. The highest BCUT2D eigenvalue weighted by atomic mass is 16.5. The number of imidazole rings is 1. The predicted molar refractivity (Wildman–Crippen MR) is 118 cm³/mol. The monoisotopic (exact) mass is 392 g/mol. The molecule has 152 valence electrons. The molecule has 29 heavy (non-hydrogen) atoms. The fourth-order valence-electron chi connectivity index (χ4n) is 4.18. The third kappa shape index (κ3) is 3.55. The van der Waals surface area contributed by atoms with Crippen molar-refractivity contribution in [2.75, 3.05) is 25.7 Å². The summed E-state index contributed by atoms with van der Waals surface area (Å²) >= 11 is 0. The van der Waals surface area contributed by atoms with Gasteiger partial charge in [-0.25, -0.2) is 4.98 Å². The number of aromatic nitrogens is 2. The number of anilines is 1. The van der Waals surface area contributed by atoms with Crippen molar-refractivity contribution in [3.8, 4) is 11.5 Å². The number of fused-ring (bicyclic) bond motifs is 1. The molecule has 2 aromatic carbocycles. The van der Waals surface area contributed by atoms with Gasteiger partial charge in [-0.2, -0.15) is 0 Å². The van der Waals surface area contributed by atoms with Crippen LogP contribution in [0, 0.1) is 0 Å². The van der Waals surface area contributed by atoms with Crippen molar-refractivity contribution in [1.82, 2.24) is 9.97 Å². The molecule has 1 fully saturated rings. The van der Waals surface area contributed by atoms with Crippen LogP contribution in [-0.4, -0.2) is 42.6 Å². The molecule has 1 aliphatic rings. The van der Waals surface area contributed by atoms with Crippen molar-refractivity contribution < 1.29 is 9.47 Å². The topological polar surface area (TPSA) is 62.7 Å². The van der Waals surface area contributed by atoms with Crippen LogP contribution in [0.4, 0.5) is 5.69 Å². The average Bonchev–Trinajstić information content (AvgIpc) is 3.34. The van der Waals surface area contributed by atoms with Gasteiger partial charge in [-0.15, -0.1) is 0 Å². The SMILES string of the molecule is CCN=C1C(c2nc3ccccc3[nH]2)CC(CC)N1c1cc(OC)cc(OC)c1. The summed E-state index contributed by atoms with van der Waals surface area (Å²) < 4.78 is 11.0. The molecule has 0 saturated carbocycles. The number of amidine groups is 1. The fraction of sp³-hybridized carbons (Fsp3) is 0.391. The van der Waals surface area contributed by atoms with Crippen LogP contribution in [0.2, 0.25) is 0 Å². The summed E-state index contributed by atoms with van der Waals surface area (Å²) in [5.74, 6) is 3.71. The highest BCUT2D eigenvalue weighted by Gasteiger charge is 2.40. The van der Waals surface area contributed by atoms with Gasteiger partial charge in [0.05, 0.1) is 31.2 Å². The average molecular weight is 393 g/mol. The number of para-hydroxylation sites is 2. The molecular formula is C23H28N4O2. The molecule has 2 heterocycles. The lowest BCUT2D eigenvalue weighted by molar-refractivity contribution is 0.394. The molecule has 0 bridgehead atoms. The molecule has 1 aromatic heterocycles. The van der Waals surface area contributed by atoms with Gasteiger partial charge in [0.15, 0.2) is 0 Å². The number of aromatic amines is 1. The van der Waals surface area contributed by atoms with Crippen LogP contribution in [0.5, 0.6) is 11.5 Å². The van der Waals surface area contributed by atoms with Crippen LogP contribution >= 0.6 is 0 Å². The van der Waals surface area contributed by atoms with E-state index in [-0.39, 0.29) is 5.92 Å². The van der Waals surface area contributed by atoms with Crippen LogP contribution in [0.3, 0.4) is 0 Å². The number of aliphatic imine (C=N–C) groups is 1. The zero-order valence-corrected chi connectivity index (χ0v) is 17.5. The van der Waals surface area contributed by atoms with E-state index in [1.54, 1.807) is 14.2 Å². The third-order valence-corrected chi connectivity index (χ3v) is 5.57. The normalized spacial score (nSPS) is 20.6. The summed E-state index contributed by atoms with van der Waals surface area (Å²) in [5, 5.41) is 0. The number of rotatable bonds is 6. The second-order valence-corrected chi connectivity index (χ2v) is 7.26. The van der Waals surface area contributed by atoms with Crippen molar-refractivity contribution in [2.45, 2.75) is 38.6 Å². The number of hydrogen-bond acceptors (Lipinski definition) is 4. The van der Waals surface area contributed by atoms with E-state index in [2.05, 4.69) is 41.9 Å². The molecule has 3 aromatic rings. The largest absolute Gasteiger partial charge is 0.497 e. The van der Waals surface area contributed by atoms with E-state index in [0.717, 1.165) is 59.3 Å². The highest BCUT2D eigenvalue weighted by Crippen LogP contribution is 2.40. The quantitative estimate of drug-likeness (QED) is 0.656. The highest BCUT2D eigenvalue weighted by molar-refractivity contribution is 6.05. The molecule has 2 unspecified atom stereocenters. The zero-order valence-electron chi connectivity index (χ0n) is 17.5. The van der Waals surface area contributed by atoms with Crippen LogP contribution in [0.1, 0.15) is 38.4 Å². The van der Waals surface area contributed by atoms with E-state index in [9.17, 15) is 0 Å². The van der Waals surface area contributed by atoms with Crippen LogP contribution < -0.4 is 14.4 Å². The molecule has 0 spiro atoms. The Morgan fingerprint density at radius 3 is 2.45 bits per heavy atom. The Hall–Kier alpha value is -3.02. The third-order valence-electron chi connectivity index (χ3n) is 5.57. The Morgan fingerprint density at radius 1 is 1.10 bits per heavy atom. The molecule has 6 nitrogen and oxygen atoms in total. The number of methoxy groups -OCH3 is 2. The van der Waals surface area contributed by atoms with Gasteiger partial charge in [-0.05, 0) is 31.9 Å². The minimum absolute atomic E-state index is 0.129. The van der Waals surface area contributed by atoms with Gasteiger partial charge >= 0.3 is 0 Å². The Kier molecular flexibility index (Phi) is 5.43. The summed E-state index contributed by atoms with van der Waals surface area (Å²) in [6, 6.07) is 14.5. The number of hydrogen-bond donors (Lipinski definition) is 1. The number of nitrogens with one attached hydrogen (secondary N) is 1. The molecule has 1 aliphatic heterocycles. The summed E-state index contributed by atoms with van der Waals surface area (Å²) in [6.07, 6.45) is 1.98. The smallest absolute Gasteiger partial charge is 0.124 e. The molecule has 2 atom stereocenters. The molecule has 1 N–H and O–H groups in total. The molecule has 4 rings (SSSR count). The standard InChI is InChI=1S/C23H28N4O2/c1-5-15-13-19(22-25-20-9-7-8-10-21(20)26-22)23(24-6-2)27(15)16-11-17(28-3)14-18(12-16)29-4/h7-12,14-15,19H,5-6,13H2,1-4H3,(H,25,26). The van der Waals surface area contributed by atoms with E-state index >= 15 is 0 Å². The van der Waals surface area contributed by atoms with Gasteiger partial charge < -0.3 is 19.4 Å². The molecule has 0 aliphatic carbocycles. The predicted octanol–water partition coefficient (Wildman–Crippen LogP) is 4.77. The van der Waals surface area contributed by atoms with Crippen LogP contribution in [0.15, 0.2) is 47.5 Å². The lowest BCUT2D eigenvalue weighted by Crippen LogP contribution is -2.33. The number of nitrogens with zero attached hydrogens (tertiary/aromatic N) is 3. The van der Waals surface area contributed by atoms with Gasteiger partial charge in [0.2, 0.25) is 0 Å². The molecule has 0 amide bonds. The van der Waals surface area contributed by atoms with Crippen LogP contribution in [-0.2, 0) is 0 Å². The molecule has 0 radical (unpaired) electrons. The Balaban J connectivity index is 1.80. The first-order valence-corrected chi connectivity index (χ1v) is 10.2. The Morgan fingerprint density at radius 2 is 1.83 bits per heavy atom. The lowest BCUT2D eigenvalue weighted by Gasteiger charge is -2.27. The van der Waals surface area contributed by atoms with Crippen LogP contribution in [0.25, 0.3) is 11.0 Å². The van der Waals surface area contributed by atoms with Crippen molar-refractivity contribution in [1.29, 1.82) is 0 Å². The van der Waals surface area contributed by atoms with Crippen molar-refractivity contribution >= 4 is 22.6 Å². The second-order valence-electron chi connectivity index (χ2n) is 7.26. The first-order valence-electron chi connectivity index (χ1n) is 10.2. The first kappa shape index (κ1) is 19.3. The molecular weight excluding hydrogens is 364 g/mol. The number of H-pyrrole nitrogens is 1. The Labute approximate surface area is 171 Å². The van der Waals surface area contributed by atoms with Gasteiger partial charge in [-0.1, -0.05) is 19.1 Å². The summed E-state index contributed by atoms with van der Waals surface area (Å²) in [7, 11) is 3.36. The van der Waals surface area contributed by atoms with E-state index in [4.69, 9.17) is 19.5 Å². The van der Waals surface area contributed by atoms with E-state index in [0.29, 0.717) is 6.04 Å². The second kappa shape index (κ2) is 8.15. The van der Waals surface area contributed by atoms with Crippen molar-refractivity contribution in [3.63, 3.8) is 0 Å². The summed E-state index contributed by atoms with van der Waals surface area (Å²) in [5.41, 5.74) is 3.10. The van der Waals surface area contributed by atoms with Gasteiger partial charge in [-0.3, -0.25) is 4.99 Å². The van der Waals surface area contributed by atoms with Crippen molar-refractivity contribution in [2.24, 2.45) is 4.99 Å². The maximum atomic E-state index is 5.51. The number of ether oxygens (including phenoxy) is 2. The number of benzene rings is 2. The fourth-order valence-corrected chi connectivity index (χ4v) is 4.18.